The first-order chi connectivity index (χ1) is 9.72. The predicted octanol–water partition coefficient (Wildman–Crippen LogP) is 3.33. The van der Waals surface area contributed by atoms with Crippen LogP contribution in [0.4, 0.5) is 15.8 Å². The minimum absolute atomic E-state index is 0.317. The van der Waals surface area contributed by atoms with Crippen molar-refractivity contribution in [1.82, 2.24) is 0 Å². The average molecular weight is 269 g/mol. The summed E-state index contributed by atoms with van der Waals surface area (Å²) >= 11 is 0. The highest BCUT2D eigenvalue weighted by Gasteiger charge is 2.12. The summed E-state index contributed by atoms with van der Waals surface area (Å²) in [5.74, 6) is -0.317. The van der Waals surface area contributed by atoms with Crippen molar-refractivity contribution in [2.45, 2.75) is 13.0 Å². The number of rotatable bonds is 5. The molecular weight excluding hydrogens is 253 g/mol. The van der Waals surface area contributed by atoms with Crippen LogP contribution in [0.25, 0.3) is 0 Å². The zero-order valence-electron chi connectivity index (χ0n) is 11.1. The number of hydrogen-bond acceptors (Lipinski definition) is 3. The molecule has 0 saturated heterocycles. The Labute approximate surface area is 118 Å². The Kier molecular flexibility index (Phi) is 4.56. The van der Waals surface area contributed by atoms with Gasteiger partial charge in [-0.3, -0.25) is 0 Å². The van der Waals surface area contributed by atoms with E-state index in [0.29, 0.717) is 30.8 Å². The van der Waals surface area contributed by atoms with Crippen molar-refractivity contribution in [3.63, 3.8) is 0 Å². The summed E-state index contributed by atoms with van der Waals surface area (Å²) in [4.78, 5) is 1.96. The molecule has 0 radical (unpaired) electrons. The average Bonchev–Trinajstić information content (AvgIpc) is 2.47. The molecule has 0 aliphatic heterocycles. The highest BCUT2D eigenvalue weighted by molar-refractivity contribution is 5.52. The Balaban J connectivity index is 2.27. The van der Waals surface area contributed by atoms with Crippen LogP contribution in [-0.4, -0.2) is 6.54 Å². The number of nitrogens with zero attached hydrogens (tertiary/aromatic N) is 2. The van der Waals surface area contributed by atoms with E-state index in [-0.39, 0.29) is 5.82 Å². The normalized spacial score (nSPS) is 10.0. The second kappa shape index (κ2) is 6.58. The van der Waals surface area contributed by atoms with Crippen LogP contribution in [-0.2, 0) is 6.54 Å². The summed E-state index contributed by atoms with van der Waals surface area (Å²) < 4.78 is 13.9. The van der Waals surface area contributed by atoms with Gasteiger partial charge < -0.3 is 10.6 Å². The van der Waals surface area contributed by atoms with Crippen molar-refractivity contribution in [3.05, 3.63) is 59.9 Å². The van der Waals surface area contributed by atoms with Crippen molar-refractivity contribution in [2.24, 2.45) is 0 Å². The predicted molar refractivity (Wildman–Crippen MR) is 78.5 cm³/mol. The van der Waals surface area contributed by atoms with E-state index in [9.17, 15) is 4.39 Å². The van der Waals surface area contributed by atoms with Crippen molar-refractivity contribution in [3.8, 4) is 6.07 Å². The van der Waals surface area contributed by atoms with E-state index in [1.807, 2.05) is 35.2 Å². The minimum Gasteiger partial charge on any atom is -0.398 e. The molecule has 0 aliphatic rings. The molecule has 2 aromatic carbocycles. The second-order valence-corrected chi connectivity index (χ2v) is 4.47. The van der Waals surface area contributed by atoms with Crippen LogP contribution in [0.3, 0.4) is 0 Å². The maximum atomic E-state index is 13.9. The lowest BCUT2D eigenvalue weighted by atomic mass is 10.1. The van der Waals surface area contributed by atoms with Crippen LogP contribution in [0.5, 0.6) is 0 Å². The lowest BCUT2D eigenvalue weighted by Gasteiger charge is -2.24. The molecule has 0 spiro atoms. The largest absolute Gasteiger partial charge is 0.398 e. The van der Waals surface area contributed by atoms with E-state index >= 15 is 0 Å². The number of benzene rings is 2. The molecule has 0 amide bonds. The number of nitrogens with two attached hydrogens (primary N) is 1. The van der Waals surface area contributed by atoms with Gasteiger partial charge in [0.15, 0.2) is 0 Å². The Bertz CT molecular complexity index is 585. The number of para-hydroxylation sites is 1. The zero-order valence-corrected chi connectivity index (χ0v) is 11.1. The van der Waals surface area contributed by atoms with E-state index in [1.165, 1.54) is 6.07 Å². The quantitative estimate of drug-likeness (QED) is 0.847. The molecule has 0 aliphatic carbocycles. The topological polar surface area (TPSA) is 53.0 Å². The van der Waals surface area contributed by atoms with E-state index in [4.69, 9.17) is 11.0 Å². The molecule has 0 heterocycles. The summed E-state index contributed by atoms with van der Waals surface area (Å²) in [6.45, 7) is 0.887. The van der Waals surface area contributed by atoms with Gasteiger partial charge in [-0.15, -0.1) is 0 Å². The van der Waals surface area contributed by atoms with Crippen LogP contribution >= 0.6 is 0 Å². The third-order valence-corrected chi connectivity index (χ3v) is 3.12. The Morgan fingerprint density at radius 2 is 1.85 bits per heavy atom. The molecule has 0 bridgehead atoms. The molecule has 0 atom stereocenters. The molecule has 3 nitrogen and oxygen atoms in total. The lowest BCUT2D eigenvalue weighted by molar-refractivity contribution is 0.605. The Morgan fingerprint density at radius 1 is 1.10 bits per heavy atom. The SMILES string of the molecule is N#CCCN(Cc1c(N)cccc1F)c1ccccc1. The number of halogens is 1. The lowest BCUT2D eigenvalue weighted by Crippen LogP contribution is -2.24. The van der Waals surface area contributed by atoms with Gasteiger partial charge in [0.25, 0.3) is 0 Å². The number of hydrogen-bond donors (Lipinski definition) is 1. The molecule has 102 valence electrons. The highest BCUT2D eigenvalue weighted by atomic mass is 19.1. The highest BCUT2D eigenvalue weighted by Crippen LogP contribution is 2.22. The molecule has 2 aromatic rings. The van der Waals surface area contributed by atoms with Crippen LogP contribution in [0, 0.1) is 17.1 Å². The molecule has 0 saturated carbocycles. The van der Waals surface area contributed by atoms with Gasteiger partial charge in [-0.05, 0) is 24.3 Å². The third kappa shape index (κ3) is 3.27. The van der Waals surface area contributed by atoms with Gasteiger partial charge in [0.05, 0.1) is 12.5 Å². The summed E-state index contributed by atoms with van der Waals surface area (Å²) in [6.07, 6.45) is 0.378. The summed E-state index contributed by atoms with van der Waals surface area (Å²) in [5, 5.41) is 8.76. The van der Waals surface area contributed by atoms with Gasteiger partial charge in [0.1, 0.15) is 5.82 Å². The maximum absolute atomic E-state index is 13.9. The molecule has 0 fully saturated rings. The molecule has 2 N–H and O–H groups in total. The first-order valence-electron chi connectivity index (χ1n) is 6.42. The molecular formula is C16H16FN3. The molecule has 4 heteroatoms. The zero-order chi connectivity index (χ0) is 14.4. The van der Waals surface area contributed by atoms with Crippen LogP contribution in [0.15, 0.2) is 48.5 Å². The van der Waals surface area contributed by atoms with Crippen molar-refractivity contribution in [1.29, 1.82) is 5.26 Å². The van der Waals surface area contributed by atoms with Crippen molar-refractivity contribution >= 4 is 11.4 Å². The Morgan fingerprint density at radius 3 is 2.50 bits per heavy atom. The van der Waals surface area contributed by atoms with E-state index in [2.05, 4.69) is 6.07 Å². The minimum atomic E-state index is -0.317. The van der Waals surface area contributed by atoms with Gasteiger partial charge in [-0.25, -0.2) is 4.39 Å². The molecule has 2 rings (SSSR count). The van der Waals surface area contributed by atoms with Crippen molar-refractivity contribution < 1.29 is 4.39 Å². The second-order valence-electron chi connectivity index (χ2n) is 4.47. The first kappa shape index (κ1) is 13.9. The van der Waals surface area contributed by atoms with Gasteiger partial charge in [-0.1, -0.05) is 24.3 Å². The van der Waals surface area contributed by atoms with E-state index in [1.54, 1.807) is 12.1 Å². The number of anilines is 2. The summed E-state index contributed by atoms with van der Waals surface area (Å²) in [6, 6.07) is 16.4. The third-order valence-electron chi connectivity index (χ3n) is 3.12. The van der Waals surface area contributed by atoms with Gasteiger partial charge in [-0.2, -0.15) is 5.26 Å². The fraction of sp³-hybridized carbons (Fsp3) is 0.188. The van der Waals surface area contributed by atoms with E-state index < -0.39 is 0 Å². The Hall–Kier alpha value is -2.54. The van der Waals surface area contributed by atoms with Crippen molar-refractivity contribution in [2.75, 3.05) is 17.2 Å². The van der Waals surface area contributed by atoms with Crippen LogP contribution in [0.2, 0.25) is 0 Å². The summed E-state index contributed by atoms with van der Waals surface area (Å²) in [7, 11) is 0. The molecule has 0 aromatic heterocycles. The monoisotopic (exact) mass is 269 g/mol. The van der Waals surface area contributed by atoms with Gasteiger partial charge in [0.2, 0.25) is 0 Å². The maximum Gasteiger partial charge on any atom is 0.130 e. The van der Waals surface area contributed by atoms with Crippen LogP contribution in [0.1, 0.15) is 12.0 Å². The number of nitrogen functional groups attached to an aromatic ring is 1. The van der Waals surface area contributed by atoms with E-state index in [0.717, 1.165) is 5.69 Å². The number of nitriles is 1. The standard InChI is InChI=1S/C16H16FN3/c17-15-8-4-9-16(19)14(15)12-20(11-5-10-18)13-6-2-1-3-7-13/h1-4,6-9H,5,11-12,19H2. The smallest absolute Gasteiger partial charge is 0.130 e. The molecule has 20 heavy (non-hydrogen) atoms. The fourth-order valence-corrected chi connectivity index (χ4v) is 2.06. The fourth-order valence-electron chi connectivity index (χ4n) is 2.06. The molecule has 0 unspecified atom stereocenters. The van der Waals surface area contributed by atoms with Gasteiger partial charge >= 0.3 is 0 Å². The summed E-state index contributed by atoms with van der Waals surface area (Å²) in [5.41, 5.74) is 7.69. The first-order valence-corrected chi connectivity index (χ1v) is 6.42. The van der Waals surface area contributed by atoms with Gasteiger partial charge in [0, 0.05) is 30.0 Å². The van der Waals surface area contributed by atoms with Crippen LogP contribution < -0.4 is 10.6 Å².